The molecule has 0 aliphatic rings. The third kappa shape index (κ3) is 5.70. The van der Waals surface area contributed by atoms with Gasteiger partial charge < -0.3 is 9.47 Å². The van der Waals surface area contributed by atoms with Gasteiger partial charge in [0.2, 0.25) is 0 Å². The van der Waals surface area contributed by atoms with Crippen molar-refractivity contribution < 1.29 is 19.1 Å². The summed E-state index contributed by atoms with van der Waals surface area (Å²) in [5.41, 5.74) is 0. The van der Waals surface area contributed by atoms with Gasteiger partial charge in [0.15, 0.2) is 0 Å². The summed E-state index contributed by atoms with van der Waals surface area (Å²) in [5, 5.41) is 0. The molecule has 0 fully saturated rings. The monoisotopic (exact) mass is 236 g/mol. The molecule has 0 aliphatic heterocycles. The first-order valence-electron chi connectivity index (χ1n) is 5.57. The molecule has 0 saturated carbocycles. The minimum Gasteiger partial charge on any atom is -0.493 e. The minimum absolute atomic E-state index is 0.167. The van der Waals surface area contributed by atoms with Crippen LogP contribution in [0, 0.1) is 0 Å². The molecule has 0 atom stereocenters. The highest BCUT2D eigenvalue weighted by molar-refractivity contribution is 5.95. The molecule has 92 valence electrons. The predicted molar refractivity (Wildman–Crippen MR) is 62.8 cm³/mol. The Labute approximate surface area is 101 Å². The van der Waals surface area contributed by atoms with Gasteiger partial charge in [-0.25, -0.2) is 0 Å². The highest BCUT2D eigenvalue weighted by atomic mass is 16.5. The van der Waals surface area contributed by atoms with Crippen molar-refractivity contribution >= 4 is 11.8 Å². The van der Waals surface area contributed by atoms with Gasteiger partial charge in [0.05, 0.1) is 13.2 Å². The van der Waals surface area contributed by atoms with E-state index in [2.05, 4.69) is 4.74 Å². The quantitative estimate of drug-likeness (QED) is 0.536. The molecule has 0 radical (unpaired) electrons. The summed E-state index contributed by atoms with van der Waals surface area (Å²) in [7, 11) is 0. The Kier molecular flexibility index (Phi) is 5.79. The number of carbonyl (C=O) groups excluding carboxylic acids is 2. The number of hydrogen-bond acceptors (Lipinski definition) is 4. The maximum absolute atomic E-state index is 11.3. The van der Waals surface area contributed by atoms with E-state index in [1.807, 2.05) is 30.3 Å². The van der Waals surface area contributed by atoms with E-state index in [9.17, 15) is 9.59 Å². The van der Waals surface area contributed by atoms with E-state index in [-0.39, 0.29) is 25.2 Å². The van der Waals surface area contributed by atoms with Gasteiger partial charge in [0, 0.05) is 6.42 Å². The van der Waals surface area contributed by atoms with Crippen LogP contribution >= 0.6 is 0 Å². The number of ketones is 1. The molecule has 0 spiro atoms. The summed E-state index contributed by atoms with van der Waals surface area (Å²) >= 11 is 0. The largest absolute Gasteiger partial charge is 0.493 e. The molecule has 0 bridgehead atoms. The molecule has 1 rings (SSSR count). The molecule has 4 heteroatoms. The van der Waals surface area contributed by atoms with Crippen LogP contribution in [-0.2, 0) is 14.3 Å². The number of carbonyl (C=O) groups is 2. The van der Waals surface area contributed by atoms with Crippen LogP contribution in [0.15, 0.2) is 30.3 Å². The second-order valence-corrected chi connectivity index (χ2v) is 3.43. The number of esters is 1. The molecule has 1 aromatic rings. The van der Waals surface area contributed by atoms with Crippen molar-refractivity contribution in [3.8, 4) is 5.75 Å². The van der Waals surface area contributed by atoms with Crippen molar-refractivity contribution in [2.45, 2.75) is 19.8 Å². The van der Waals surface area contributed by atoms with Crippen molar-refractivity contribution in [3.63, 3.8) is 0 Å². The lowest BCUT2D eigenvalue weighted by molar-refractivity contribution is -0.145. The van der Waals surface area contributed by atoms with Crippen LogP contribution in [0.4, 0.5) is 0 Å². The zero-order valence-corrected chi connectivity index (χ0v) is 9.85. The van der Waals surface area contributed by atoms with Gasteiger partial charge in [-0.15, -0.1) is 0 Å². The number of para-hydroxylation sites is 1. The Balaban J connectivity index is 2.18. The summed E-state index contributed by atoms with van der Waals surface area (Å²) in [6, 6.07) is 9.23. The molecule has 0 aliphatic carbocycles. The second kappa shape index (κ2) is 7.44. The van der Waals surface area contributed by atoms with Crippen LogP contribution in [0.25, 0.3) is 0 Å². The predicted octanol–water partition coefficient (Wildman–Crippen LogP) is 1.98. The Bertz CT molecular complexity index is 359. The smallest absolute Gasteiger partial charge is 0.313 e. The van der Waals surface area contributed by atoms with Crippen LogP contribution in [0.5, 0.6) is 5.75 Å². The molecule has 17 heavy (non-hydrogen) atoms. The number of Topliss-reactive ketones (excluding diaryl/α,β-unsaturated/α-hetero) is 1. The molecular formula is C13H16O4. The Morgan fingerprint density at radius 1 is 1.18 bits per heavy atom. The lowest BCUT2D eigenvalue weighted by atomic mass is 10.2. The topological polar surface area (TPSA) is 52.6 Å². The van der Waals surface area contributed by atoms with E-state index in [1.54, 1.807) is 6.92 Å². The van der Waals surface area contributed by atoms with Gasteiger partial charge in [0.1, 0.15) is 18.0 Å². The van der Waals surface area contributed by atoms with E-state index in [0.717, 1.165) is 5.75 Å². The first-order valence-corrected chi connectivity index (χ1v) is 5.57. The van der Waals surface area contributed by atoms with Crippen LogP contribution in [0.2, 0.25) is 0 Å². The van der Waals surface area contributed by atoms with Crippen molar-refractivity contribution in [2.24, 2.45) is 0 Å². The average Bonchev–Trinajstić information content (AvgIpc) is 2.30. The summed E-state index contributed by atoms with van der Waals surface area (Å²) in [6.45, 7) is 2.29. The van der Waals surface area contributed by atoms with Crippen LogP contribution in [0.3, 0.4) is 0 Å². The van der Waals surface area contributed by atoms with Gasteiger partial charge in [-0.05, 0) is 19.1 Å². The molecule has 1 aromatic carbocycles. The fraction of sp³-hybridized carbons (Fsp3) is 0.385. The Hall–Kier alpha value is -1.84. The maximum Gasteiger partial charge on any atom is 0.313 e. The second-order valence-electron chi connectivity index (χ2n) is 3.43. The van der Waals surface area contributed by atoms with Gasteiger partial charge in [0.25, 0.3) is 0 Å². The number of rotatable bonds is 7. The normalized spacial score (nSPS) is 9.71. The first kappa shape index (κ1) is 13.2. The molecule has 0 saturated heterocycles. The lowest BCUT2D eigenvalue weighted by Crippen LogP contribution is -2.13. The SMILES string of the molecule is CCOC(=O)CC(=O)CCOc1ccccc1. The average molecular weight is 236 g/mol. The van der Waals surface area contributed by atoms with Crippen molar-refractivity contribution in [1.82, 2.24) is 0 Å². The summed E-state index contributed by atoms with van der Waals surface area (Å²) in [6.07, 6.45) is 0.0414. The molecule has 0 unspecified atom stereocenters. The fourth-order valence-corrected chi connectivity index (χ4v) is 1.26. The third-order valence-electron chi connectivity index (χ3n) is 2.04. The molecular weight excluding hydrogens is 220 g/mol. The summed E-state index contributed by atoms with van der Waals surface area (Å²) in [5.74, 6) is 0.0769. The molecule has 0 amide bonds. The van der Waals surface area contributed by atoms with E-state index >= 15 is 0 Å². The molecule has 0 N–H and O–H groups in total. The van der Waals surface area contributed by atoms with Crippen LogP contribution in [0.1, 0.15) is 19.8 Å². The number of hydrogen-bond donors (Lipinski definition) is 0. The zero-order valence-electron chi connectivity index (χ0n) is 9.85. The summed E-state index contributed by atoms with van der Waals surface area (Å²) < 4.78 is 10.0. The van der Waals surface area contributed by atoms with E-state index < -0.39 is 5.97 Å². The number of ether oxygens (including phenoxy) is 2. The van der Waals surface area contributed by atoms with Gasteiger partial charge in [-0.3, -0.25) is 9.59 Å². The lowest BCUT2D eigenvalue weighted by Gasteiger charge is -2.05. The molecule has 0 heterocycles. The first-order chi connectivity index (χ1) is 8.22. The highest BCUT2D eigenvalue weighted by Gasteiger charge is 2.09. The van der Waals surface area contributed by atoms with E-state index in [0.29, 0.717) is 6.61 Å². The highest BCUT2D eigenvalue weighted by Crippen LogP contribution is 2.08. The van der Waals surface area contributed by atoms with Crippen molar-refractivity contribution in [3.05, 3.63) is 30.3 Å². The van der Waals surface area contributed by atoms with Crippen molar-refractivity contribution in [1.29, 1.82) is 0 Å². The maximum atomic E-state index is 11.3. The Morgan fingerprint density at radius 3 is 2.53 bits per heavy atom. The zero-order chi connectivity index (χ0) is 12.5. The Morgan fingerprint density at radius 2 is 1.88 bits per heavy atom. The van der Waals surface area contributed by atoms with Crippen LogP contribution < -0.4 is 4.74 Å². The van der Waals surface area contributed by atoms with Gasteiger partial charge in [-0.2, -0.15) is 0 Å². The molecule has 0 aromatic heterocycles. The van der Waals surface area contributed by atoms with Gasteiger partial charge >= 0.3 is 5.97 Å². The standard InChI is InChI=1S/C13H16O4/c1-2-16-13(15)10-11(14)8-9-17-12-6-4-3-5-7-12/h3-7H,2,8-10H2,1H3. The van der Waals surface area contributed by atoms with E-state index in [1.165, 1.54) is 0 Å². The summed E-state index contributed by atoms with van der Waals surface area (Å²) in [4.78, 5) is 22.3. The number of benzene rings is 1. The minimum atomic E-state index is -0.475. The van der Waals surface area contributed by atoms with Crippen LogP contribution in [-0.4, -0.2) is 25.0 Å². The third-order valence-corrected chi connectivity index (χ3v) is 2.04. The van der Waals surface area contributed by atoms with Gasteiger partial charge in [-0.1, -0.05) is 18.2 Å². The molecule has 4 nitrogen and oxygen atoms in total. The van der Waals surface area contributed by atoms with Crippen molar-refractivity contribution in [2.75, 3.05) is 13.2 Å². The van der Waals surface area contributed by atoms with E-state index in [4.69, 9.17) is 4.74 Å². The fourth-order valence-electron chi connectivity index (χ4n) is 1.26.